The number of aromatic nitrogens is 1. The molecule has 1 aromatic heterocycles. The number of anilines is 1. The molecule has 55 heavy (non-hydrogen) atoms. The molecular weight excluding hydrogens is 673 g/mol. The van der Waals surface area contributed by atoms with Crippen LogP contribution in [0.5, 0.6) is 0 Å². The van der Waals surface area contributed by atoms with E-state index >= 15 is 0 Å². The summed E-state index contributed by atoms with van der Waals surface area (Å²) < 4.78 is 8.89. The fraction of sp³-hybridized carbons (Fsp3) is 0.120. The van der Waals surface area contributed by atoms with Crippen LogP contribution in [0.25, 0.3) is 61.2 Å². The van der Waals surface area contributed by atoms with Crippen LogP contribution in [0.3, 0.4) is 0 Å². The standard InChI is InChI=1S/C50H36N4O/c51-31-37(32-52)36-29-38(22-21-33-27-34-11-9-25-53-26-10-12-35(28-33)49(34)53)55-39(30-36)23-24-42-40-13-1-3-17-45(40)50(46-18-4-2-14-41(42)46)54-47-19-7-5-15-43(47)44-16-6-8-20-48(44)54/h1-8,13-24,27-30H,9-12,25-26H2/b22-21+,24-23+. The monoisotopic (exact) mass is 708 g/mol. The first kappa shape index (κ1) is 32.6. The summed E-state index contributed by atoms with van der Waals surface area (Å²) in [4.78, 5) is 2.55. The van der Waals surface area contributed by atoms with Crippen LogP contribution in [0.15, 0.2) is 156 Å². The molecule has 3 aliphatic heterocycles. The van der Waals surface area contributed by atoms with Gasteiger partial charge in [-0.25, -0.2) is 0 Å². The van der Waals surface area contributed by atoms with Gasteiger partial charge in [-0.3, -0.25) is 0 Å². The Kier molecular flexibility index (Phi) is 7.93. The number of para-hydroxylation sites is 2. The molecule has 4 heterocycles. The molecule has 5 heteroatoms. The molecule has 0 fully saturated rings. The molecule has 0 spiro atoms. The zero-order valence-electron chi connectivity index (χ0n) is 30.3. The molecule has 0 unspecified atom stereocenters. The Morgan fingerprint density at radius 1 is 0.564 bits per heavy atom. The lowest BCUT2D eigenvalue weighted by Crippen LogP contribution is -2.34. The van der Waals surface area contributed by atoms with E-state index < -0.39 is 0 Å². The van der Waals surface area contributed by atoms with Gasteiger partial charge in [-0.1, -0.05) is 97.1 Å². The molecule has 6 aromatic carbocycles. The lowest BCUT2D eigenvalue weighted by Gasteiger charge is -2.37. The summed E-state index contributed by atoms with van der Waals surface area (Å²) in [6.45, 7) is 2.29. The topological polar surface area (TPSA) is 65.0 Å². The third-order valence-corrected chi connectivity index (χ3v) is 11.3. The Labute approximate surface area is 319 Å². The second kappa shape index (κ2) is 13.4. The van der Waals surface area contributed by atoms with Crippen molar-refractivity contribution >= 4 is 61.2 Å². The first-order valence-electron chi connectivity index (χ1n) is 19.0. The van der Waals surface area contributed by atoms with E-state index in [0.29, 0.717) is 17.1 Å². The summed E-state index contributed by atoms with van der Waals surface area (Å²) in [5.41, 5.74) is 10.5. The molecule has 0 bridgehead atoms. The highest BCUT2D eigenvalue weighted by Gasteiger charge is 2.24. The number of nitriles is 2. The number of allylic oxidation sites excluding steroid dienone is 6. The van der Waals surface area contributed by atoms with Gasteiger partial charge < -0.3 is 14.2 Å². The second-order valence-corrected chi connectivity index (χ2v) is 14.5. The van der Waals surface area contributed by atoms with Crippen LogP contribution in [0, 0.1) is 22.7 Å². The molecular formula is C50H36N4O. The van der Waals surface area contributed by atoms with Gasteiger partial charge in [-0.15, -0.1) is 0 Å². The van der Waals surface area contributed by atoms with Crippen molar-refractivity contribution in [1.29, 1.82) is 10.5 Å². The van der Waals surface area contributed by atoms with Crippen LogP contribution in [-0.2, 0) is 17.6 Å². The number of benzene rings is 6. The minimum Gasteiger partial charge on any atom is -0.457 e. The highest BCUT2D eigenvalue weighted by molar-refractivity contribution is 6.17. The van der Waals surface area contributed by atoms with Gasteiger partial charge in [0.25, 0.3) is 0 Å². The number of nitrogens with zero attached hydrogens (tertiary/aromatic N) is 4. The van der Waals surface area contributed by atoms with Gasteiger partial charge in [-0.2, -0.15) is 10.5 Å². The Morgan fingerprint density at radius 3 is 1.60 bits per heavy atom. The van der Waals surface area contributed by atoms with Crippen LogP contribution in [0.1, 0.15) is 35.1 Å². The van der Waals surface area contributed by atoms with Crippen molar-refractivity contribution in [3.05, 3.63) is 178 Å². The Bertz CT molecular complexity index is 2830. The summed E-state index contributed by atoms with van der Waals surface area (Å²) in [5, 5.41) is 26.7. The van der Waals surface area contributed by atoms with Crippen molar-refractivity contribution in [3.63, 3.8) is 0 Å². The molecule has 0 saturated carbocycles. The predicted molar refractivity (Wildman–Crippen MR) is 225 cm³/mol. The minimum absolute atomic E-state index is 0.0461. The largest absolute Gasteiger partial charge is 0.457 e. The van der Waals surface area contributed by atoms with Gasteiger partial charge in [0, 0.05) is 45.9 Å². The second-order valence-electron chi connectivity index (χ2n) is 14.5. The maximum absolute atomic E-state index is 9.87. The smallest absolute Gasteiger partial charge is 0.137 e. The Balaban J connectivity index is 1.08. The molecule has 0 N–H and O–H groups in total. The van der Waals surface area contributed by atoms with Crippen molar-refractivity contribution in [3.8, 4) is 17.8 Å². The molecule has 262 valence electrons. The molecule has 10 rings (SSSR count). The molecule has 0 aliphatic carbocycles. The lowest BCUT2D eigenvalue weighted by atomic mass is 9.90. The van der Waals surface area contributed by atoms with E-state index in [1.54, 1.807) is 12.2 Å². The quantitative estimate of drug-likeness (QED) is 0.132. The zero-order chi connectivity index (χ0) is 36.9. The fourth-order valence-electron chi connectivity index (χ4n) is 9.00. The third kappa shape index (κ3) is 5.52. The molecule has 0 amide bonds. The maximum Gasteiger partial charge on any atom is 0.137 e. The molecule has 3 aliphatic rings. The van der Waals surface area contributed by atoms with Crippen LogP contribution in [0.4, 0.5) is 5.69 Å². The van der Waals surface area contributed by atoms with E-state index in [4.69, 9.17) is 4.74 Å². The highest BCUT2D eigenvalue weighted by atomic mass is 16.5. The van der Waals surface area contributed by atoms with Crippen LogP contribution in [-0.4, -0.2) is 17.7 Å². The van der Waals surface area contributed by atoms with Gasteiger partial charge in [0.15, 0.2) is 0 Å². The van der Waals surface area contributed by atoms with Crippen molar-refractivity contribution < 1.29 is 4.74 Å². The van der Waals surface area contributed by atoms with Gasteiger partial charge in [0.05, 0.1) is 16.7 Å². The molecule has 5 nitrogen and oxygen atoms in total. The average molecular weight is 709 g/mol. The van der Waals surface area contributed by atoms with E-state index in [9.17, 15) is 10.5 Å². The number of hydrogen-bond acceptors (Lipinski definition) is 4. The first-order valence-corrected chi connectivity index (χ1v) is 19.0. The number of rotatable bonds is 5. The van der Waals surface area contributed by atoms with E-state index in [1.165, 1.54) is 40.4 Å². The number of hydrogen-bond donors (Lipinski definition) is 0. The van der Waals surface area contributed by atoms with Crippen LogP contribution >= 0.6 is 0 Å². The van der Waals surface area contributed by atoms with Crippen molar-refractivity contribution in [2.75, 3.05) is 18.0 Å². The van der Waals surface area contributed by atoms with E-state index in [-0.39, 0.29) is 5.57 Å². The van der Waals surface area contributed by atoms with E-state index in [1.807, 2.05) is 12.2 Å². The molecule has 0 atom stereocenters. The van der Waals surface area contributed by atoms with Crippen molar-refractivity contribution in [2.45, 2.75) is 25.7 Å². The average Bonchev–Trinajstić information content (AvgIpc) is 3.56. The van der Waals surface area contributed by atoms with E-state index in [2.05, 4.69) is 143 Å². The first-order chi connectivity index (χ1) is 27.2. The minimum atomic E-state index is 0.0461. The SMILES string of the molecule is N#CC(C#N)=C1C=C(/C=C/c2cc3c4c(c2)CCCN4CCC3)OC(/C=C/c2c3ccccc3c(-n3c4ccccc4c4ccccc43)c3ccccc23)=C1. The zero-order valence-corrected chi connectivity index (χ0v) is 30.3. The third-order valence-electron chi connectivity index (χ3n) is 11.3. The molecule has 0 saturated heterocycles. The number of aryl methyl sites for hydroxylation is 2. The van der Waals surface area contributed by atoms with Gasteiger partial charge in [0.2, 0.25) is 0 Å². The summed E-state index contributed by atoms with van der Waals surface area (Å²) in [6.07, 6.45) is 16.2. The Morgan fingerprint density at radius 2 is 1.05 bits per heavy atom. The van der Waals surface area contributed by atoms with E-state index in [0.717, 1.165) is 75.3 Å². The summed E-state index contributed by atoms with van der Waals surface area (Å²) in [7, 11) is 0. The fourth-order valence-corrected chi connectivity index (χ4v) is 9.00. The summed E-state index contributed by atoms with van der Waals surface area (Å²) >= 11 is 0. The van der Waals surface area contributed by atoms with Crippen molar-refractivity contribution in [1.82, 2.24) is 4.57 Å². The van der Waals surface area contributed by atoms with Gasteiger partial charge in [-0.05, 0) is 107 Å². The predicted octanol–water partition coefficient (Wildman–Crippen LogP) is 11.7. The number of fused-ring (bicyclic) bond motifs is 5. The lowest BCUT2D eigenvalue weighted by molar-refractivity contribution is 0.332. The molecule has 0 radical (unpaired) electrons. The van der Waals surface area contributed by atoms with Crippen LogP contribution in [0.2, 0.25) is 0 Å². The summed E-state index contributed by atoms with van der Waals surface area (Å²) in [5.74, 6) is 1.13. The van der Waals surface area contributed by atoms with Gasteiger partial charge in [0.1, 0.15) is 29.2 Å². The Hall–Kier alpha value is -7.08. The van der Waals surface area contributed by atoms with Crippen LogP contribution < -0.4 is 4.90 Å². The summed E-state index contributed by atoms with van der Waals surface area (Å²) in [6, 6.07) is 43.2. The highest BCUT2D eigenvalue weighted by Crippen LogP contribution is 2.41. The number of ether oxygens (including phenoxy) is 1. The normalized spacial score (nSPS) is 15.3. The molecule has 7 aromatic rings. The van der Waals surface area contributed by atoms with Gasteiger partial charge >= 0.3 is 0 Å². The van der Waals surface area contributed by atoms with Crippen molar-refractivity contribution in [2.24, 2.45) is 0 Å². The maximum atomic E-state index is 9.87.